The molecule has 0 heterocycles. The zero-order chi connectivity index (χ0) is 13.5. The van der Waals surface area contributed by atoms with Crippen molar-refractivity contribution in [3.05, 3.63) is 18.2 Å². The number of esters is 1. The standard InChI is InChI=1S/C13H19NO3S/c1-4-16-13(15)8-18-10-5-6-11(14)12(7-10)17-9(2)3/h5-7,9H,4,8,14H2,1-3H3. The fourth-order valence-electron chi connectivity index (χ4n) is 1.31. The Morgan fingerprint density at radius 1 is 1.44 bits per heavy atom. The second kappa shape index (κ2) is 7.16. The molecule has 100 valence electrons. The Kier molecular flexibility index (Phi) is 5.85. The molecule has 0 aliphatic heterocycles. The molecule has 0 radical (unpaired) electrons. The number of hydrogen-bond donors (Lipinski definition) is 1. The van der Waals surface area contributed by atoms with Crippen LogP contribution >= 0.6 is 11.8 Å². The number of benzene rings is 1. The van der Waals surface area contributed by atoms with E-state index in [-0.39, 0.29) is 12.1 Å². The van der Waals surface area contributed by atoms with Crippen molar-refractivity contribution in [2.45, 2.75) is 31.8 Å². The van der Waals surface area contributed by atoms with Crippen molar-refractivity contribution < 1.29 is 14.3 Å². The van der Waals surface area contributed by atoms with Gasteiger partial charge in [-0.2, -0.15) is 0 Å². The van der Waals surface area contributed by atoms with Gasteiger partial charge in [-0.05, 0) is 39.0 Å². The molecule has 0 aliphatic rings. The highest BCUT2D eigenvalue weighted by atomic mass is 32.2. The summed E-state index contributed by atoms with van der Waals surface area (Å²) < 4.78 is 10.5. The third-order valence-electron chi connectivity index (χ3n) is 2.01. The van der Waals surface area contributed by atoms with E-state index >= 15 is 0 Å². The van der Waals surface area contributed by atoms with E-state index in [2.05, 4.69) is 0 Å². The number of nitrogen functional groups attached to an aromatic ring is 1. The van der Waals surface area contributed by atoms with E-state index in [4.69, 9.17) is 15.2 Å². The van der Waals surface area contributed by atoms with Crippen LogP contribution in [-0.2, 0) is 9.53 Å². The van der Waals surface area contributed by atoms with Gasteiger partial charge < -0.3 is 15.2 Å². The van der Waals surface area contributed by atoms with Crippen LogP contribution in [0.2, 0.25) is 0 Å². The van der Waals surface area contributed by atoms with Crippen LogP contribution in [0.25, 0.3) is 0 Å². The predicted octanol–water partition coefficient (Wildman–Crippen LogP) is 2.71. The molecule has 0 spiro atoms. The van der Waals surface area contributed by atoms with Crippen molar-refractivity contribution >= 4 is 23.4 Å². The Morgan fingerprint density at radius 3 is 2.78 bits per heavy atom. The normalized spacial score (nSPS) is 10.4. The molecular weight excluding hydrogens is 250 g/mol. The van der Waals surface area contributed by atoms with Gasteiger partial charge in [-0.25, -0.2) is 0 Å². The van der Waals surface area contributed by atoms with Crippen LogP contribution in [0.4, 0.5) is 5.69 Å². The molecule has 0 atom stereocenters. The van der Waals surface area contributed by atoms with Gasteiger partial charge in [-0.3, -0.25) is 4.79 Å². The van der Waals surface area contributed by atoms with E-state index in [0.29, 0.717) is 23.8 Å². The Hall–Kier alpha value is -1.36. The molecule has 0 amide bonds. The first-order chi connectivity index (χ1) is 8.52. The summed E-state index contributed by atoms with van der Waals surface area (Å²) in [5, 5.41) is 0. The first-order valence-corrected chi connectivity index (χ1v) is 6.86. The number of thioether (sulfide) groups is 1. The summed E-state index contributed by atoms with van der Waals surface area (Å²) in [5.41, 5.74) is 6.42. The summed E-state index contributed by atoms with van der Waals surface area (Å²) in [7, 11) is 0. The number of rotatable bonds is 6. The third-order valence-corrected chi connectivity index (χ3v) is 2.98. The van der Waals surface area contributed by atoms with Crippen LogP contribution in [0.1, 0.15) is 20.8 Å². The van der Waals surface area contributed by atoms with Crippen LogP contribution in [0.3, 0.4) is 0 Å². The van der Waals surface area contributed by atoms with Crippen LogP contribution in [0.5, 0.6) is 5.75 Å². The van der Waals surface area contributed by atoms with Crippen molar-refractivity contribution in [1.29, 1.82) is 0 Å². The topological polar surface area (TPSA) is 61.5 Å². The molecule has 2 N–H and O–H groups in total. The molecule has 0 saturated heterocycles. The maximum atomic E-state index is 11.2. The molecule has 0 saturated carbocycles. The molecule has 0 aromatic heterocycles. The molecule has 1 aromatic rings. The number of hydrogen-bond acceptors (Lipinski definition) is 5. The molecular formula is C13H19NO3S. The van der Waals surface area contributed by atoms with Gasteiger partial charge in [-0.15, -0.1) is 11.8 Å². The molecule has 0 bridgehead atoms. The summed E-state index contributed by atoms with van der Waals surface area (Å²) in [6.45, 7) is 6.08. The van der Waals surface area contributed by atoms with Gasteiger partial charge in [-0.1, -0.05) is 0 Å². The van der Waals surface area contributed by atoms with Gasteiger partial charge >= 0.3 is 5.97 Å². The number of anilines is 1. The van der Waals surface area contributed by atoms with E-state index in [0.717, 1.165) is 4.90 Å². The highest BCUT2D eigenvalue weighted by Crippen LogP contribution is 2.29. The van der Waals surface area contributed by atoms with Gasteiger partial charge in [0, 0.05) is 4.90 Å². The Morgan fingerprint density at radius 2 is 2.17 bits per heavy atom. The molecule has 0 aliphatic carbocycles. The van der Waals surface area contributed by atoms with Gasteiger partial charge in [0.05, 0.1) is 24.2 Å². The van der Waals surface area contributed by atoms with Gasteiger partial charge in [0.25, 0.3) is 0 Å². The molecule has 4 nitrogen and oxygen atoms in total. The average molecular weight is 269 g/mol. The van der Waals surface area contributed by atoms with Crippen LogP contribution in [-0.4, -0.2) is 24.4 Å². The monoisotopic (exact) mass is 269 g/mol. The SMILES string of the molecule is CCOC(=O)CSc1ccc(N)c(OC(C)C)c1. The molecule has 18 heavy (non-hydrogen) atoms. The summed E-state index contributed by atoms with van der Waals surface area (Å²) in [6.07, 6.45) is 0.0672. The maximum absolute atomic E-state index is 11.2. The summed E-state index contributed by atoms with van der Waals surface area (Å²) in [5.74, 6) is 0.725. The zero-order valence-electron chi connectivity index (χ0n) is 10.9. The smallest absolute Gasteiger partial charge is 0.316 e. The predicted molar refractivity (Wildman–Crippen MR) is 74.0 cm³/mol. The summed E-state index contributed by atoms with van der Waals surface area (Å²) in [6, 6.07) is 5.50. The largest absolute Gasteiger partial charge is 0.489 e. The Bertz CT molecular complexity index is 407. The second-order valence-electron chi connectivity index (χ2n) is 3.96. The molecule has 1 rings (SSSR count). The Labute approximate surface area is 112 Å². The molecule has 0 fully saturated rings. The maximum Gasteiger partial charge on any atom is 0.316 e. The number of carbonyl (C=O) groups excluding carboxylic acids is 1. The van der Waals surface area contributed by atoms with Crippen LogP contribution < -0.4 is 10.5 Å². The van der Waals surface area contributed by atoms with Gasteiger partial charge in [0.15, 0.2) is 0 Å². The molecule has 0 unspecified atom stereocenters. The Balaban J connectivity index is 2.64. The number of carbonyl (C=O) groups is 1. The van der Waals surface area contributed by atoms with Crippen molar-refractivity contribution in [3.8, 4) is 5.75 Å². The first-order valence-electron chi connectivity index (χ1n) is 5.87. The summed E-state index contributed by atoms with van der Waals surface area (Å²) >= 11 is 1.41. The average Bonchev–Trinajstić information content (AvgIpc) is 2.30. The van der Waals surface area contributed by atoms with Crippen molar-refractivity contribution in [3.63, 3.8) is 0 Å². The zero-order valence-corrected chi connectivity index (χ0v) is 11.8. The van der Waals surface area contributed by atoms with Crippen molar-refractivity contribution in [2.75, 3.05) is 18.1 Å². The minimum Gasteiger partial charge on any atom is -0.489 e. The fourth-order valence-corrected chi connectivity index (χ4v) is 2.03. The lowest BCUT2D eigenvalue weighted by atomic mass is 10.3. The van der Waals surface area contributed by atoms with E-state index in [1.54, 1.807) is 13.0 Å². The molecule has 1 aromatic carbocycles. The lowest BCUT2D eigenvalue weighted by Crippen LogP contribution is -2.08. The van der Waals surface area contributed by atoms with Crippen molar-refractivity contribution in [1.82, 2.24) is 0 Å². The second-order valence-corrected chi connectivity index (χ2v) is 5.01. The number of nitrogens with two attached hydrogens (primary N) is 1. The third kappa shape index (κ3) is 4.87. The minimum atomic E-state index is -0.217. The quantitative estimate of drug-likeness (QED) is 0.489. The van der Waals surface area contributed by atoms with Crippen LogP contribution in [0.15, 0.2) is 23.1 Å². The highest BCUT2D eigenvalue weighted by molar-refractivity contribution is 8.00. The van der Waals surface area contributed by atoms with E-state index < -0.39 is 0 Å². The van der Waals surface area contributed by atoms with Crippen molar-refractivity contribution in [2.24, 2.45) is 0 Å². The fraction of sp³-hybridized carbons (Fsp3) is 0.462. The number of ether oxygens (including phenoxy) is 2. The minimum absolute atomic E-state index is 0.0672. The highest BCUT2D eigenvalue weighted by Gasteiger charge is 2.07. The molecule has 5 heteroatoms. The first kappa shape index (κ1) is 14.7. The van der Waals surface area contributed by atoms with E-state index in [1.165, 1.54) is 11.8 Å². The van der Waals surface area contributed by atoms with Crippen LogP contribution in [0, 0.1) is 0 Å². The lowest BCUT2D eigenvalue weighted by molar-refractivity contribution is -0.139. The summed E-state index contributed by atoms with van der Waals surface area (Å²) in [4.78, 5) is 12.2. The van der Waals surface area contributed by atoms with Gasteiger partial charge in [0.2, 0.25) is 0 Å². The van der Waals surface area contributed by atoms with E-state index in [1.807, 2.05) is 26.0 Å². The van der Waals surface area contributed by atoms with E-state index in [9.17, 15) is 4.79 Å². The van der Waals surface area contributed by atoms with Gasteiger partial charge in [0.1, 0.15) is 5.75 Å². The lowest BCUT2D eigenvalue weighted by Gasteiger charge is -2.13.